The van der Waals surface area contributed by atoms with Crippen molar-refractivity contribution in [1.29, 1.82) is 0 Å². The molecule has 0 aromatic carbocycles. The fourth-order valence-electron chi connectivity index (χ4n) is 0. The molecule has 0 aromatic heterocycles. The molecule has 0 bridgehead atoms. The Morgan fingerprint density at radius 3 is 1.60 bits per heavy atom. The normalized spacial score (nSPS) is 1.40. The predicted molar refractivity (Wildman–Crippen MR) is 11.4 cm³/mol. The summed E-state index contributed by atoms with van der Waals surface area (Å²) in [7, 11) is 0. The molecule has 0 saturated heterocycles. The molecule has 0 heterocycles. The van der Waals surface area contributed by atoms with Crippen molar-refractivity contribution < 1.29 is 46.3 Å². The van der Waals surface area contributed by atoms with Crippen LogP contribution in [0.25, 0.3) is 0 Å². The first-order chi connectivity index (χ1) is 1.41. The van der Waals surface area contributed by atoms with Crippen LogP contribution in [0.2, 0.25) is 0 Å². The number of hydrogen-bond donors (Lipinski definition) is 0. The number of hydrogen-bond acceptors (Lipinski definition) is 1. The number of carbonyl (C=O) groups excluding carboxylic acids is 1. The van der Waals surface area contributed by atoms with Gasteiger partial charge in [-0.25, -0.2) is 0 Å². The molecule has 0 aliphatic heterocycles. The summed E-state index contributed by atoms with van der Waals surface area (Å²) in [5.41, 5.74) is 0. The standard InChI is InChI=1S/CO.In.Pt.Re/c1-2;;;. The van der Waals surface area contributed by atoms with Gasteiger partial charge in [0, 0.05) is 41.5 Å². The second kappa shape index (κ2) is 17.0. The van der Waals surface area contributed by atoms with Gasteiger partial charge in [0.25, 0.3) is 0 Å². The summed E-state index contributed by atoms with van der Waals surface area (Å²) in [6.07, 6.45) is 0. The smallest absolute Gasteiger partial charge is 0 e. The van der Waals surface area contributed by atoms with Gasteiger partial charge in [-0.3, -0.25) is 0 Å². The minimum atomic E-state index is 0. The van der Waals surface area contributed by atoms with Gasteiger partial charge in [0.05, 0.1) is 0 Å². The molecule has 0 rings (SSSR count). The fraction of sp³-hybridized carbons (Fsp3) is 0. The third-order valence-corrected chi connectivity index (χ3v) is 0. The molecule has 5 heavy (non-hydrogen) atoms. The minimum absolute atomic E-state index is 0. The zero-order chi connectivity index (χ0) is 2.71. The Morgan fingerprint density at radius 1 is 1.60 bits per heavy atom. The van der Waals surface area contributed by atoms with E-state index in [2.05, 4.69) is 0 Å². The maximum Gasteiger partial charge on any atom is 0 e. The summed E-state index contributed by atoms with van der Waals surface area (Å²) in [5.74, 6) is 0. The topological polar surface area (TPSA) is 17.1 Å². The third-order valence-electron chi connectivity index (χ3n) is 0. The molecular weight excluding hydrogens is 524 g/mol. The van der Waals surface area contributed by atoms with Crippen LogP contribution in [-0.4, -0.2) is 27.5 Å². The van der Waals surface area contributed by atoms with Crippen LogP contribution in [0.4, 0.5) is 0 Å². The summed E-state index contributed by atoms with van der Waals surface area (Å²) in [6.45, 7) is 0. The van der Waals surface area contributed by atoms with E-state index in [1.165, 1.54) is 0 Å². The van der Waals surface area contributed by atoms with Crippen molar-refractivity contribution in [3.05, 3.63) is 0 Å². The molecule has 0 aliphatic rings. The van der Waals surface area contributed by atoms with Gasteiger partial charge in [0.1, 0.15) is 0 Å². The molecule has 0 fully saturated rings. The van der Waals surface area contributed by atoms with Gasteiger partial charge in [0.15, 0.2) is 0 Å². The van der Waals surface area contributed by atoms with Crippen molar-refractivity contribution in [1.82, 2.24) is 0 Å². The SMILES string of the molecule is O=[C]=[In].[Pt].[Re]. The molecule has 0 amide bonds. The summed E-state index contributed by atoms with van der Waals surface area (Å²) in [4.78, 5) is 8.74. The first kappa shape index (κ1) is 15.8. The van der Waals surface area contributed by atoms with Gasteiger partial charge in [-0.15, -0.1) is 0 Å². The molecule has 30 valence electrons. The Bertz CT molecular complexity index is 32.6. The largest absolute Gasteiger partial charge is 0 e. The monoisotopic (exact) mass is 525 g/mol. The summed E-state index contributed by atoms with van der Waals surface area (Å²) in [5, 5.41) is 0. The molecule has 4 heteroatoms. The second-order valence-electron chi connectivity index (χ2n) is 0.118. The Kier molecular flexibility index (Phi) is 54.0. The second-order valence-corrected chi connectivity index (χ2v) is 0.791. The maximum absolute atomic E-state index is 8.74. The zero-order valence-corrected chi connectivity index (χ0v) is 10.5. The van der Waals surface area contributed by atoms with Crippen LogP contribution in [0.15, 0.2) is 0 Å². The fourth-order valence-corrected chi connectivity index (χ4v) is 0. The Hall–Kier alpha value is 1.80. The van der Waals surface area contributed by atoms with Crippen LogP contribution in [0.5, 0.6) is 0 Å². The van der Waals surface area contributed by atoms with Crippen LogP contribution in [0.1, 0.15) is 0 Å². The first-order valence-electron chi connectivity index (χ1n) is 0.493. The Labute approximate surface area is 72.9 Å². The van der Waals surface area contributed by atoms with E-state index in [0.29, 0.717) is 23.9 Å². The maximum atomic E-state index is 8.74. The van der Waals surface area contributed by atoms with Crippen molar-refractivity contribution in [3.8, 4) is 0 Å². The van der Waals surface area contributed by atoms with Gasteiger partial charge in [-0.05, 0) is 0 Å². The molecular formula is CInOPtRe. The summed E-state index contributed by atoms with van der Waals surface area (Å²) < 4.78 is 1.63. The van der Waals surface area contributed by atoms with Crippen molar-refractivity contribution >= 4 is 27.5 Å². The number of rotatable bonds is 0. The molecule has 2 radical (unpaired) electrons. The summed E-state index contributed by atoms with van der Waals surface area (Å²) >= 11 is 0.612. The van der Waals surface area contributed by atoms with Crippen LogP contribution < -0.4 is 0 Å². The van der Waals surface area contributed by atoms with Gasteiger partial charge < -0.3 is 0 Å². The molecule has 0 spiro atoms. The van der Waals surface area contributed by atoms with E-state index in [0.717, 1.165) is 0 Å². The van der Waals surface area contributed by atoms with E-state index < -0.39 is 0 Å². The Morgan fingerprint density at radius 2 is 1.60 bits per heavy atom. The zero-order valence-electron chi connectivity index (χ0n) is 2.18. The van der Waals surface area contributed by atoms with Crippen molar-refractivity contribution in [3.63, 3.8) is 0 Å². The van der Waals surface area contributed by atoms with Crippen LogP contribution in [0.3, 0.4) is 0 Å². The van der Waals surface area contributed by atoms with Crippen molar-refractivity contribution in [2.75, 3.05) is 0 Å². The summed E-state index contributed by atoms with van der Waals surface area (Å²) in [6, 6.07) is 0. The minimum Gasteiger partial charge on any atom is 0 e. The predicted octanol–water partition coefficient (Wildman–Crippen LogP) is -0.783. The van der Waals surface area contributed by atoms with Gasteiger partial charge in [0.2, 0.25) is 0 Å². The van der Waals surface area contributed by atoms with E-state index >= 15 is 0 Å². The average molecular weight is 524 g/mol. The van der Waals surface area contributed by atoms with E-state index in [4.69, 9.17) is 4.79 Å². The van der Waals surface area contributed by atoms with E-state index in [9.17, 15) is 0 Å². The van der Waals surface area contributed by atoms with Gasteiger partial charge in [-0.2, -0.15) is 0 Å². The molecule has 0 aliphatic carbocycles. The van der Waals surface area contributed by atoms with Crippen LogP contribution in [-0.2, 0) is 46.3 Å². The van der Waals surface area contributed by atoms with Crippen LogP contribution in [0, 0.1) is 0 Å². The van der Waals surface area contributed by atoms with Gasteiger partial charge in [-0.1, -0.05) is 0 Å². The van der Waals surface area contributed by atoms with Crippen LogP contribution >= 0.6 is 0 Å². The molecule has 0 aromatic rings. The Balaban J connectivity index is -0.0000000200. The van der Waals surface area contributed by atoms with Crippen molar-refractivity contribution in [2.45, 2.75) is 0 Å². The van der Waals surface area contributed by atoms with Crippen molar-refractivity contribution in [2.24, 2.45) is 0 Å². The molecule has 0 unspecified atom stereocenters. The molecule has 0 atom stereocenters. The van der Waals surface area contributed by atoms with E-state index in [1.807, 2.05) is 0 Å². The first-order valence-corrected chi connectivity index (χ1v) is 2.14. The van der Waals surface area contributed by atoms with E-state index in [1.54, 1.807) is 3.62 Å². The molecule has 0 saturated carbocycles. The van der Waals surface area contributed by atoms with E-state index in [-0.39, 0.29) is 41.5 Å². The third kappa shape index (κ3) is 25.8. The quantitative estimate of drug-likeness (QED) is 0.407. The average Bonchev–Trinajstić information content (AvgIpc) is 0.918. The molecule has 1 nitrogen and oxygen atoms in total. The van der Waals surface area contributed by atoms with Gasteiger partial charge >= 0.3 is 32.3 Å². The molecule has 0 N–H and O–H groups in total.